The van der Waals surface area contributed by atoms with Crippen molar-refractivity contribution in [2.45, 2.75) is 12.7 Å². The van der Waals surface area contributed by atoms with E-state index in [-0.39, 0.29) is 5.82 Å². The maximum atomic E-state index is 12.7. The summed E-state index contributed by atoms with van der Waals surface area (Å²) in [5.74, 6) is 0.235. The third-order valence-corrected chi connectivity index (χ3v) is 5.46. The Morgan fingerprint density at radius 1 is 0.909 bits per heavy atom. The van der Waals surface area contributed by atoms with Crippen molar-refractivity contribution in [3.8, 4) is 0 Å². The lowest BCUT2D eigenvalue weighted by molar-refractivity contribution is -0.137. The number of hydrogen-bond donors (Lipinski definition) is 1. The van der Waals surface area contributed by atoms with E-state index >= 15 is 0 Å². The van der Waals surface area contributed by atoms with Crippen LogP contribution in [0.1, 0.15) is 16.7 Å². The first-order valence-electron chi connectivity index (χ1n) is 10.4. The van der Waals surface area contributed by atoms with Crippen LogP contribution in [0.2, 0.25) is 0 Å². The molecular formula is C26H19F3N4. The number of benzene rings is 3. The molecule has 0 radical (unpaired) electrons. The maximum Gasteiger partial charge on any atom is 0.417 e. The molecule has 0 aliphatic carbocycles. The number of para-hydroxylation sites is 1. The zero-order valence-electron chi connectivity index (χ0n) is 17.4. The minimum atomic E-state index is -4.42. The van der Waals surface area contributed by atoms with Crippen LogP contribution in [-0.4, -0.2) is 15.8 Å². The molecule has 2 aromatic heterocycles. The summed E-state index contributed by atoms with van der Waals surface area (Å²) in [7, 11) is 0. The number of hydrazone groups is 1. The minimum Gasteiger partial charge on any atom is -0.342 e. The molecule has 5 rings (SSSR count). The fraction of sp³-hybridized carbons (Fsp3) is 0.0769. The van der Waals surface area contributed by atoms with E-state index in [1.807, 2.05) is 36.5 Å². The summed E-state index contributed by atoms with van der Waals surface area (Å²) in [4.78, 5) is 3.77. The molecule has 0 aliphatic heterocycles. The van der Waals surface area contributed by atoms with Gasteiger partial charge in [0.25, 0.3) is 0 Å². The molecule has 0 amide bonds. The normalized spacial score (nSPS) is 12.1. The van der Waals surface area contributed by atoms with Gasteiger partial charge in [0, 0.05) is 35.4 Å². The Morgan fingerprint density at radius 3 is 2.48 bits per heavy atom. The molecule has 0 fully saturated rings. The first-order valence-corrected chi connectivity index (χ1v) is 10.4. The van der Waals surface area contributed by atoms with Crippen LogP contribution < -0.4 is 5.43 Å². The van der Waals surface area contributed by atoms with Crippen LogP contribution in [0.4, 0.5) is 19.0 Å². The molecule has 33 heavy (non-hydrogen) atoms. The fourth-order valence-electron chi connectivity index (χ4n) is 3.84. The topological polar surface area (TPSA) is 42.2 Å². The summed E-state index contributed by atoms with van der Waals surface area (Å²) in [6, 6.07) is 25.0. The number of anilines is 1. The van der Waals surface area contributed by atoms with E-state index in [0.29, 0.717) is 6.54 Å². The smallest absolute Gasteiger partial charge is 0.342 e. The Hall–Kier alpha value is -4.13. The van der Waals surface area contributed by atoms with Crippen molar-refractivity contribution >= 4 is 33.7 Å². The molecule has 5 aromatic rings. The van der Waals surface area contributed by atoms with Crippen LogP contribution in [0.3, 0.4) is 0 Å². The molecule has 0 aliphatic rings. The van der Waals surface area contributed by atoms with Crippen molar-refractivity contribution in [3.63, 3.8) is 0 Å². The average molecular weight is 444 g/mol. The predicted octanol–water partition coefficient (Wildman–Crippen LogP) is 6.70. The summed E-state index contributed by atoms with van der Waals surface area (Å²) in [5, 5.41) is 7.61. The van der Waals surface area contributed by atoms with Crippen molar-refractivity contribution in [1.82, 2.24) is 9.55 Å². The molecule has 0 saturated heterocycles. The Bertz CT molecular complexity index is 1450. The zero-order chi connectivity index (χ0) is 22.8. The zero-order valence-corrected chi connectivity index (χ0v) is 17.4. The second-order valence-corrected chi connectivity index (χ2v) is 7.71. The molecule has 4 nitrogen and oxygen atoms in total. The molecule has 3 aromatic carbocycles. The standard InChI is InChI=1S/C26H19F3N4/c27-26(28,29)22-11-12-25(30-15-22)32-31-14-21-17-33(24-8-4-3-7-23(21)24)16-18-9-10-19-5-1-2-6-20(19)13-18/h1-15,17H,16H2,(H,30,32)/b31-14-. The van der Waals surface area contributed by atoms with Gasteiger partial charge in [-0.25, -0.2) is 4.98 Å². The SMILES string of the molecule is FC(F)(F)c1ccc(N/N=C\c2cn(Cc3ccc4ccccc4c3)c3ccccc23)nc1. The number of fused-ring (bicyclic) bond motifs is 2. The number of nitrogens with one attached hydrogen (secondary N) is 1. The molecule has 0 spiro atoms. The van der Waals surface area contributed by atoms with Gasteiger partial charge in [-0.1, -0.05) is 54.6 Å². The molecule has 2 heterocycles. The average Bonchev–Trinajstić information content (AvgIpc) is 3.16. The number of halogens is 3. The van der Waals surface area contributed by atoms with E-state index in [2.05, 4.69) is 56.5 Å². The highest BCUT2D eigenvalue weighted by molar-refractivity contribution is 5.99. The highest BCUT2D eigenvalue weighted by Crippen LogP contribution is 2.29. The number of nitrogens with zero attached hydrogens (tertiary/aromatic N) is 3. The van der Waals surface area contributed by atoms with Crippen molar-refractivity contribution < 1.29 is 13.2 Å². The van der Waals surface area contributed by atoms with Crippen molar-refractivity contribution in [2.24, 2.45) is 5.10 Å². The molecule has 0 unspecified atom stereocenters. The van der Waals surface area contributed by atoms with E-state index < -0.39 is 11.7 Å². The van der Waals surface area contributed by atoms with Crippen LogP contribution in [0.15, 0.2) is 96.4 Å². The first kappa shape index (κ1) is 20.8. The number of hydrogen-bond acceptors (Lipinski definition) is 3. The summed E-state index contributed by atoms with van der Waals surface area (Å²) in [6.45, 7) is 0.701. The summed E-state index contributed by atoms with van der Waals surface area (Å²) in [5.41, 5.74) is 5.05. The number of alkyl halides is 3. The highest BCUT2D eigenvalue weighted by atomic mass is 19.4. The molecule has 164 valence electrons. The van der Waals surface area contributed by atoms with E-state index in [4.69, 9.17) is 0 Å². The summed E-state index contributed by atoms with van der Waals surface area (Å²) in [6.07, 6.45) is 0.0404. The van der Waals surface area contributed by atoms with Crippen molar-refractivity contribution in [1.29, 1.82) is 0 Å². The largest absolute Gasteiger partial charge is 0.417 e. The lowest BCUT2D eigenvalue weighted by Gasteiger charge is -2.07. The molecule has 0 bridgehead atoms. The maximum absolute atomic E-state index is 12.7. The Labute approximate surface area is 188 Å². The van der Waals surface area contributed by atoms with Crippen LogP contribution in [0.5, 0.6) is 0 Å². The third kappa shape index (κ3) is 4.43. The number of pyridine rings is 1. The van der Waals surface area contributed by atoms with Crippen LogP contribution in [0.25, 0.3) is 21.7 Å². The first-order chi connectivity index (χ1) is 16.0. The molecule has 0 saturated carbocycles. The van der Waals surface area contributed by atoms with Gasteiger partial charge in [-0.3, -0.25) is 5.43 Å². The lowest BCUT2D eigenvalue weighted by atomic mass is 10.1. The quantitative estimate of drug-likeness (QED) is 0.242. The highest BCUT2D eigenvalue weighted by Gasteiger charge is 2.30. The summed E-state index contributed by atoms with van der Waals surface area (Å²) >= 11 is 0. The van der Waals surface area contributed by atoms with E-state index in [1.54, 1.807) is 6.21 Å². The Kier molecular flexibility index (Phi) is 5.30. The van der Waals surface area contributed by atoms with Gasteiger partial charge in [-0.15, -0.1) is 0 Å². The van der Waals surface area contributed by atoms with Gasteiger partial charge in [0.2, 0.25) is 0 Å². The predicted molar refractivity (Wildman–Crippen MR) is 125 cm³/mol. The number of rotatable bonds is 5. The van der Waals surface area contributed by atoms with Gasteiger partial charge in [-0.2, -0.15) is 18.3 Å². The Balaban J connectivity index is 1.39. The van der Waals surface area contributed by atoms with E-state index in [0.717, 1.165) is 28.7 Å². The molecular weight excluding hydrogens is 425 g/mol. The monoisotopic (exact) mass is 444 g/mol. The third-order valence-electron chi connectivity index (χ3n) is 5.46. The van der Waals surface area contributed by atoms with Gasteiger partial charge < -0.3 is 4.57 Å². The van der Waals surface area contributed by atoms with Gasteiger partial charge in [-0.05, 0) is 40.6 Å². The second-order valence-electron chi connectivity index (χ2n) is 7.71. The Morgan fingerprint density at radius 2 is 1.70 bits per heavy atom. The van der Waals surface area contributed by atoms with Gasteiger partial charge >= 0.3 is 6.18 Å². The summed E-state index contributed by atoms with van der Waals surface area (Å²) < 4.78 is 40.2. The molecule has 0 atom stereocenters. The van der Waals surface area contributed by atoms with Gasteiger partial charge in [0.1, 0.15) is 5.82 Å². The fourth-order valence-corrected chi connectivity index (χ4v) is 3.84. The number of aromatic nitrogens is 2. The van der Waals surface area contributed by atoms with Crippen molar-refractivity contribution in [3.05, 3.63) is 108 Å². The lowest BCUT2D eigenvalue weighted by Crippen LogP contribution is -2.05. The molecule has 1 N–H and O–H groups in total. The molecule has 7 heteroatoms. The van der Waals surface area contributed by atoms with E-state index in [1.165, 1.54) is 22.4 Å². The van der Waals surface area contributed by atoms with Gasteiger partial charge in [0.05, 0.1) is 11.8 Å². The van der Waals surface area contributed by atoms with Gasteiger partial charge in [0.15, 0.2) is 0 Å². The van der Waals surface area contributed by atoms with Crippen LogP contribution in [0, 0.1) is 0 Å². The second kappa shape index (κ2) is 8.43. The van der Waals surface area contributed by atoms with Crippen LogP contribution >= 0.6 is 0 Å². The van der Waals surface area contributed by atoms with Crippen LogP contribution in [-0.2, 0) is 12.7 Å². The van der Waals surface area contributed by atoms with E-state index in [9.17, 15) is 13.2 Å². The van der Waals surface area contributed by atoms with Crippen molar-refractivity contribution in [2.75, 3.05) is 5.43 Å². The minimum absolute atomic E-state index is 0.235.